The van der Waals surface area contributed by atoms with E-state index in [1.165, 1.54) is 6.07 Å². The molecule has 0 saturated carbocycles. The van der Waals surface area contributed by atoms with Crippen molar-refractivity contribution in [1.29, 1.82) is 5.26 Å². The Morgan fingerprint density at radius 1 is 1.57 bits per heavy atom. The van der Waals surface area contributed by atoms with Crippen LogP contribution in [0.1, 0.15) is 26.2 Å². The molecule has 1 aromatic carbocycles. The Labute approximate surface area is 132 Å². The van der Waals surface area contributed by atoms with E-state index < -0.39 is 10.5 Å². The minimum Gasteiger partial charge on any atom is -0.487 e. The van der Waals surface area contributed by atoms with Crippen LogP contribution in [0, 0.1) is 21.4 Å². The number of nitro benzene ring substituents is 1. The van der Waals surface area contributed by atoms with Gasteiger partial charge in [0.2, 0.25) is 0 Å². The Hall–Kier alpha value is -1.65. The molecule has 1 unspecified atom stereocenters. The van der Waals surface area contributed by atoms with E-state index in [9.17, 15) is 15.4 Å². The number of rotatable bonds is 8. The molecule has 6 nitrogen and oxygen atoms in total. The Bertz CT molecular complexity index is 539. The molecule has 1 rings (SSSR count). The summed E-state index contributed by atoms with van der Waals surface area (Å²) in [5.41, 5.74) is -0.630. The van der Waals surface area contributed by atoms with Gasteiger partial charge in [0.05, 0.1) is 17.6 Å². The van der Waals surface area contributed by atoms with Gasteiger partial charge in [-0.3, -0.25) is 10.1 Å². The fraction of sp³-hybridized carbons (Fsp3) is 0.500. The average Bonchev–Trinajstić information content (AvgIpc) is 2.49. The summed E-state index contributed by atoms with van der Waals surface area (Å²) < 4.78 is 6.11. The molecule has 0 amide bonds. The van der Waals surface area contributed by atoms with Gasteiger partial charge in [-0.1, -0.05) is 22.9 Å². The summed E-state index contributed by atoms with van der Waals surface area (Å²) in [5.74, 6) is 0.242. The maximum atomic E-state index is 11.0. The van der Waals surface area contributed by atoms with Crippen LogP contribution in [0.5, 0.6) is 5.75 Å². The molecule has 7 heteroatoms. The first kappa shape index (κ1) is 17.4. The highest BCUT2D eigenvalue weighted by Gasteiger charge is 2.25. The second kappa shape index (κ2) is 7.96. The molecular weight excluding hydrogens is 338 g/mol. The monoisotopic (exact) mass is 355 g/mol. The molecule has 0 heterocycles. The zero-order valence-corrected chi connectivity index (χ0v) is 13.6. The molecule has 1 aromatic rings. The minimum atomic E-state index is -0.561. The Balaban J connectivity index is 2.61. The maximum absolute atomic E-state index is 11.0. The third kappa shape index (κ3) is 4.69. The van der Waals surface area contributed by atoms with Crippen molar-refractivity contribution in [2.24, 2.45) is 0 Å². The Kier molecular flexibility index (Phi) is 6.59. The third-order valence-electron chi connectivity index (χ3n) is 3.42. The van der Waals surface area contributed by atoms with Gasteiger partial charge in [-0.05, 0) is 38.4 Å². The highest BCUT2D eigenvalue weighted by atomic mass is 79.9. The van der Waals surface area contributed by atoms with E-state index in [0.717, 1.165) is 0 Å². The standard InChI is InChI=1S/C14H18BrN3O3/c1-3-14(10-16,17-2)7-4-8-21-13-6-5-11(15)9-12(13)18(19)20/h5-6,9,17H,3-4,7-8H2,1-2H3. The lowest BCUT2D eigenvalue weighted by Gasteiger charge is -2.24. The SMILES string of the molecule is CCC(C#N)(CCCOc1ccc(Br)cc1[N+](=O)[O-])NC. The summed E-state index contributed by atoms with van der Waals surface area (Å²) >= 11 is 3.20. The summed E-state index contributed by atoms with van der Waals surface area (Å²) in [6.07, 6.45) is 1.95. The Morgan fingerprint density at radius 2 is 2.29 bits per heavy atom. The van der Waals surface area contributed by atoms with Crippen LogP contribution >= 0.6 is 15.9 Å². The molecule has 21 heavy (non-hydrogen) atoms. The number of hydrogen-bond acceptors (Lipinski definition) is 5. The summed E-state index contributed by atoms with van der Waals surface area (Å²) in [4.78, 5) is 10.5. The topological polar surface area (TPSA) is 88.2 Å². The number of ether oxygens (including phenoxy) is 1. The summed E-state index contributed by atoms with van der Waals surface area (Å²) in [6.45, 7) is 2.27. The predicted molar refractivity (Wildman–Crippen MR) is 83.2 cm³/mol. The first-order chi connectivity index (χ1) is 9.98. The first-order valence-corrected chi connectivity index (χ1v) is 7.44. The van der Waals surface area contributed by atoms with Gasteiger partial charge in [-0.25, -0.2) is 0 Å². The van der Waals surface area contributed by atoms with Crippen LogP contribution in [0.15, 0.2) is 22.7 Å². The van der Waals surface area contributed by atoms with Crippen molar-refractivity contribution in [3.8, 4) is 11.8 Å². The molecule has 0 spiro atoms. The van der Waals surface area contributed by atoms with Crippen LogP contribution in [0.2, 0.25) is 0 Å². The Morgan fingerprint density at radius 3 is 2.81 bits per heavy atom. The molecule has 0 aromatic heterocycles. The molecular formula is C14H18BrN3O3. The molecule has 0 radical (unpaired) electrons. The lowest BCUT2D eigenvalue weighted by molar-refractivity contribution is -0.385. The number of benzene rings is 1. The number of halogens is 1. The molecule has 0 aliphatic carbocycles. The first-order valence-electron chi connectivity index (χ1n) is 6.65. The van der Waals surface area contributed by atoms with Crippen molar-refractivity contribution < 1.29 is 9.66 Å². The molecule has 1 atom stereocenters. The van der Waals surface area contributed by atoms with Crippen molar-refractivity contribution in [3.63, 3.8) is 0 Å². The second-order valence-corrected chi connectivity index (χ2v) is 5.53. The van der Waals surface area contributed by atoms with Crippen molar-refractivity contribution in [2.45, 2.75) is 31.7 Å². The van der Waals surface area contributed by atoms with Crippen molar-refractivity contribution >= 4 is 21.6 Å². The van der Waals surface area contributed by atoms with Gasteiger partial charge < -0.3 is 10.1 Å². The van der Waals surface area contributed by atoms with Gasteiger partial charge in [-0.2, -0.15) is 5.26 Å². The minimum absolute atomic E-state index is 0.0694. The van der Waals surface area contributed by atoms with E-state index in [1.54, 1.807) is 19.2 Å². The molecule has 0 fully saturated rings. The van der Waals surface area contributed by atoms with E-state index in [0.29, 0.717) is 30.3 Å². The fourth-order valence-corrected chi connectivity index (χ4v) is 2.33. The quantitative estimate of drug-likeness (QED) is 0.438. The van der Waals surface area contributed by atoms with Gasteiger partial charge in [-0.15, -0.1) is 0 Å². The van der Waals surface area contributed by atoms with Gasteiger partial charge in [0.15, 0.2) is 5.75 Å². The van der Waals surface area contributed by atoms with Crippen molar-refractivity contribution in [3.05, 3.63) is 32.8 Å². The summed E-state index contributed by atoms with van der Waals surface area (Å²) in [5, 5.41) is 23.2. The highest BCUT2D eigenvalue weighted by molar-refractivity contribution is 9.10. The summed E-state index contributed by atoms with van der Waals surface area (Å²) in [6, 6.07) is 6.94. The van der Waals surface area contributed by atoms with Crippen molar-refractivity contribution in [2.75, 3.05) is 13.7 Å². The van der Waals surface area contributed by atoms with Gasteiger partial charge in [0.25, 0.3) is 0 Å². The molecule has 1 N–H and O–H groups in total. The second-order valence-electron chi connectivity index (χ2n) is 4.62. The highest BCUT2D eigenvalue weighted by Crippen LogP contribution is 2.30. The number of nitro groups is 1. The number of nitrogens with one attached hydrogen (secondary N) is 1. The molecule has 0 saturated heterocycles. The van der Waals surface area contributed by atoms with Crippen LogP contribution < -0.4 is 10.1 Å². The van der Waals surface area contributed by atoms with Crippen LogP contribution in [0.4, 0.5) is 5.69 Å². The zero-order chi connectivity index (χ0) is 15.9. The third-order valence-corrected chi connectivity index (χ3v) is 3.91. The van der Waals surface area contributed by atoms with Crippen LogP contribution in [-0.4, -0.2) is 24.1 Å². The van der Waals surface area contributed by atoms with Crippen LogP contribution in [0.25, 0.3) is 0 Å². The van der Waals surface area contributed by atoms with Crippen LogP contribution in [-0.2, 0) is 0 Å². The van der Waals surface area contributed by atoms with Crippen LogP contribution in [0.3, 0.4) is 0 Å². The maximum Gasteiger partial charge on any atom is 0.312 e. The number of nitriles is 1. The lowest BCUT2D eigenvalue weighted by Crippen LogP contribution is -2.41. The van der Waals surface area contributed by atoms with Crippen molar-refractivity contribution in [1.82, 2.24) is 5.32 Å². The average molecular weight is 356 g/mol. The number of hydrogen-bond donors (Lipinski definition) is 1. The van der Waals surface area contributed by atoms with E-state index in [4.69, 9.17) is 4.74 Å². The fourth-order valence-electron chi connectivity index (χ4n) is 1.98. The van der Waals surface area contributed by atoms with E-state index in [-0.39, 0.29) is 11.4 Å². The summed E-state index contributed by atoms with van der Waals surface area (Å²) in [7, 11) is 1.76. The smallest absolute Gasteiger partial charge is 0.312 e. The largest absolute Gasteiger partial charge is 0.487 e. The number of nitrogens with zero attached hydrogens (tertiary/aromatic N) is 2. The van der Waals surface area contributed by atoms with Gasteiger partial charge in [0, 0.05) is 10.5 Å². The predicted octanol–water partition coefficient (Wildman–Crippen LogP) is 3.41. The molecule has 0 bridgehead atoms. The zero-order valence-electron chi connectivity index (χ0n) is 12.1. The normalized spacial score (nSPS) is 13.2. The molecule has 0 aliphatic rings. The van der Waals surface area contributed by atoms with E-state index >= 15 is 0 Å². The molecule has 114 valence electrons. The van der Waals surface area contributed by atoms with E-state index in [2.05, 4.69) is 27.3 Å². The molecule has 0 aliphatic heterocycles. The van der Waals surface area contributed by atoms with Gasteiger partial charge in [0.1, 0.15) is 5.54 Å². The lowest BCUT2D eigenvalue weighted by atomic mass is 9.92. The van der Waals surface area contributed by atoms with Gasteiger partial charge >= 0.3 is 5.69 Å². The van der Waals surface area contributed by atoms with E-state index in [1.807, 2.05) is 6.92 Å².